The van der Waals surface area contributed by atoms with E-state index in [-0.39, 0.29) is 11.9 Å². The number of nitrogens with zero attached hydrogens (tertiary/aromatic N) is 4. The molecule has 10 nitrogen and oxygen atoms in total. The van der Waals surface area contributed by atoms with E-state index < -0.39 is 0 Å². The minimum absolute atomic E-state index is 0.275. The van der Waals surface area contributed by atoms with Crippen LogP contribution in [0.1, 0.15) is 36.2 Å². The highest BCUT2D eigenvalue weighted by molar-refractivity contribution is 6.03. The van der Waals surface area contributed by atoms with E-state index in [9.17, 15) is 4.79 Å². The van der Waals surface area contributed by atoms with Gasteiger partial charge in [-0.05, 0) is 37.8 Å². The predicted molar refractivity (Wildman–Crippen MR) is 119 cm³/mol. The molecule has 0 unspecified atom stereocenters. The molecule has 31 heavy (non-hydrogen) atoms. The number of pyridine rings is 1. The fourth-order valence-corrected chi connectivity index (χ4v) is 4.01. The first kappa shape index (κ1) is 19.7. The molecule has 1 saturated carbocycles. The van der Waals surface area contributed by atoms with Crippen molar-refractivity contribution < 1.29 is 4.79 Å². The minimum Gasteiger partial charge on any atom is -0.377 e. The van der Waals surface area contributed by atoms with Crippen LogP contribution in [0.5, 0.6) is 0 Å². The summed E-state index contributed by atoms with van der Waals surface area (Å²) in [5.74, 6) is 0.446. The van der Waals surface area contributed by atoms with Crippen LogP contribution < -0.4 is 27.0 Å². The Labute approximate surface area is 180 Å². The van der Waals surface area contributed by atoms with E-state index in [1.165, 1.54) is 0 Å². The second-order valence-corrected chi connectivity index (χ2v) is 8.27. The Hall–Kier alpha value is -3.24. The smallest absolute Gasteiger partial charge is 0.276 e. The second kappa shape index (κ2) is 8.48. The van der Waals surface area contributed by atoms with Crippen molar-refractivity contribution in [3.05, 3.63) is 42.5 Å². The lowest BCUT2D eigenvalue weighted by molar-refractivity contribution is 0.102. The molecule has 1 saturated heterocycles. The quantitative estimate of drug-likeness (QED) is 0.404. The highest BCUT2D eigenvalue weighted by Crippen LogP contribution is 2.25. The molecule has 1 aliphatic heterocycles. The summed E-state index contributed by atoms with van der Waals surface area (Å²) in [5.41, 5.74) is 8.58. The Morgan fingerprint density at radius 3 is 2.58 bits per heavy atom. The maximum absolute atomic E-state index is 12.9. The van der Waals surface area contributed by atoms with Gasteiger partial charge in [0.2, 0.25) is 0 Å². The third-order valence-corrected chi connectivity index (χ3v) is 5.90. The minimum atomic E-state index is -0.275. The number of carbonyl (C=O) groups is 1. The average molecular weight is 422 g/mol. The number of aromatic nitrogens is 4. The number of amides is 1. The summed E-state index contributed by atoms with van der Waals surface area (Å²) >= 11 is 0. The molecule has 2 fully saturated rings. The van der Waals surface area contributed by atoms with Crippen molar-refractivity contribution in [3.63, 3.8) is 0 Å². The number of hydrogen-bond donors (Lipinski definition) is 5. The van der Waals surface area contributed by atoms with Crippen LogP contribution in [0.25, 0.3) is 5.65 Å². The van der Waals surface area contributed by atoms with E-state index in [1.54, 1.807) is 35.2 Å². The van der Waals surface area contributed by atoms with Gasteiger partial charge in [-0.1, -0.05) is 0 Å². The van der Waals surface area contributed by atoms with Crippen LogP contribution in [0.4, 0.5) is 17.2 Å². The highest BCUT2D eigenvalue weighted by atomic mass is 16.2. The van der Waals surface area contributed by atoms with E-state index in [4.69, 9.17) is 10.8 Å². The van der Waals surface area contributed by atoms with Gasteiger partial charge in [0.1, 0.15) is 5.82 Å². The summed E-state index contributed by atoms with van der Waals surface area (Å²) in [6.07, 6.45) is 8.86. The summed E-state index contributed by atoms with van der Waals surface area (Å²) < 4.78 is 1.61. The van der Waals surface area contributed by atoms with Crippen LogP contribution >= 0.6 is 0 Å². The van der Waals surface area contributed by atoms with Crippen molar-refractivity contribution in [2.75, 3.05) is 29.0 Å². The van der Waals surface area contributed by atoms with E-state index in [0.29, 0.717) is 29.1 Å². The summed E-state index contributed by atoms with van der Waals surface area (Å²) in [4.78, 5) is 21.4. The molecular formula is C21H27N9O. The number of nitrogens with one attached hydrogen (secondary N) is 4. The number of carbonyl (C=O) groups excluding carboxylic acids is 1. The van der Waals surface area contributed by atoms with Gasteiger partial charge in [0.25, 0.3) is 5.91 Å². The Morgan fingerprint density at radius 1 is 1.10 bits per heavy atom. The molecule has 0 aromatic carbocycles. The Bertz CT molecular complexity index is 1060. The van der Waals surface area contributed by atoms with E-state index >= 15 is 0 Å². The molecular weight excluding hydrogens is 394 g/mol. The molecule has 3 aromatic heterocycles. The first-order valence-electron chi connectivity index (χ1n) is 10.8. The van der Waals surface area contributed by atoms with Crippen LogP contribution in [0.15, 0.2) is 36.8 Å². The normalized spacial score (nSPS) is 21.5. The maximum Gasteiger partial charge on any atom is 0.276 e. The lowest BCUT2D eigenvalue weighted by Crippen LogP contribution is -2.51. The van der Waals surface area contributed by atoms with Gasteiger partial charge in [0.15, 0.2) is 11.3 Å². The molecule has 10 heteroatoms. The van der Waals surface area contributed by atoms with Crippen molar-refractivity contribution in [1.82, 2.24) is 24.9 Å². The molecule has 6 N–H and O–H groups in total. The molecule has 1 amide bonds. The van der Waals surface area contributed by atoms with Gasteiger partial charge in [-0.25, -0.2) is 9.50 Å². The number of anilines is 3. The molecule has 0 atom stereocenters. The van der Waals surface area contributed by atoms with Crippen LogP contribution in [-0.2, 0) is 0 Å². The molecule has 5 rings (SSSR count). The van der Waals surface area contributed by atoms with Crippen LogP contribution in [0.2, 0.25) is 0 Å². The second-order valence-electron chi connectivity index (χ2n) is 8.27. The zero-order valence-electron chi connectivity index (χ0n) is 17.2. The van der Waals surface area contributed by atoms with Crippen molar-refractivity contribution >= 4 is 28.7 Å². The molecule has 2 aliphatic rings. The summed E-state index contributed by atoms with van der Waals surface area (Å²) in [5, 5.41) is 17.9. The van der Waals surface area contributed by atoms with Gasteiger partial charge in [-0.3, -0.25) is 9.78 Å². The number of imidazole rings is 1. The van der Waals surface area contributed by atoms with E-state index in [0.717, 1.165) is 50.3 Å². The van der Waals surface area contributed by atoms with Crippen molar-refractivity contribution in [2.45, 2.75) is 43.8 Å². The predicted octanol–water partition coefficient (Wildman–Crippen LogP) is 1.44. The lowest BCUT2D eigenvalue weighted by Gasteiger charge is -2.30. The zero-order chi connectivity index (χ0) is 21.2. The van der Waals surface area contributed by atoms with Gasteiger partial charge >= 0.3 is 0 Å². The van der Waals surface area contributed by atoms with Crippen molar-refractivity contribution in [2.24, 2.45) is 5.73 Å². The fourth-order valence-electron chi connectivity index (χ4n) is 4.01. The van der Waals surface area contributed by atoms with Gasteiger partial charge < -0.3 is 27.0 Å². The van der Waals surface area contributed by atoms with Gasteiger partial charge in [-0.15, -0.1) is 5.10 Å². The fraction of sp³-hybridized carbons (Fsp3) is 0.429. The number of hydrogen-bond acceptors (Lipinski definition) is 8. The van der Waals surface area contributed by atoms with Gasteiger partial charge in [-0.2, -0.15) is 0 Å². The topological polar surface area (TPSA) is 134 Å². The molecule has 0 bridgehead atoms. The number of fused-ring (bicyclic) bond motifs is 1. The highest BCUT2D eigenvalue weighted by Gasteiger charge is 2.23. The summed E-state index contributed by atoms with van der Waals surface area (Å²) in [6.45, 7) is 1.79. The molecule has 3 aromatic rings. The largest absolute Gasteiger partial charge is 0.377 e. The zero-order valence-corrected chi connectivity index (χ0v) is 17.2. The standard InChI is InChI=1S/C21H27N9O/c22-13-1-3-14(4-2-13)27-19-9-17(26-16-10-24-11-16)20-25-12-18(30(20)29-19)21(31)28-15-5-7-23-8-6-15/h5-9,12-14,16,24,26H,1-4,10-11,22H2,(H,27,29)(H,23,28,31)/t13-,14-. The number of rotatable bonds is 6. The monoisotopic (exact) mass is 421 g/mol. The Balaban J connectivity index is 1.45. The lowest BCUT2D eigenvalue weighted by atomic mass is 9.92. The SMILES string of the molecule is N[C@H]1CC[C@H](Nc2cc(NC3CNC3)c3ncc(C(=O)Nc4ccncc4)n3n2)CC1. The molecule has 1 aliphatic carbocycles. The molecule has 0 radical (unpaired) electrons. The molecule has 4 heterocycles. The average Bonchev–Trinajstić information content (AvgIpc) is 3.17. The molecule has 0 spiro atoms. The third-order valence-electron chi connectivity index (χ3n) is 5.90. The number of nitrogens with two attached hydrogens (primary N) is 1. The van der Waals surface area contributed by atoms with Crippen LogP contribution in [0, 0.1) is 0 Å². The van der Waals surface area contributed by atoms with E-state index in [2.05, 4.69) is 31.2 Å². The molecule has 162 valence electrons. The third kappa shape index (κ3) is 4.30. The van der Waals surface area contributed by atoms with Gasteiger partial charge in [0, 0.05) is 49.3 Å². The first-order chi connectivity index (χ1) is 15.2. The van der Waals surface area contributed by atoms with E-state index in [1.807, 2.05) is 6.07 Å². The summed E-state index contributed by atoms with van der Waals surface area (Å²) in [6, 6.07) is 6.41. The Kier molecular flexibility index (Phi) is 5.39. The first-order valence-corrected chi connectivity index (χ1v) is 10.8. The van der Waals surface area contributed by atoms with Crippen LogP contribution in [0.3, 0.4) is 0 Å². The Morgan fingerprint density at radius 2 is 1.87 bits per heavy atom. The van der Waals surface area contributed by atoms with Gasteiger partial charge in [0.05, 0.1) is 17.9 Å². The maximum atomic E-state index is 12.9. The summed E-state index contributed by atoms with van der Waals surface area (Å²) in [7, 11) is 0. The van der Waals surface area contributed by atoms with Crippen molar-refractivity contribution in [1.29, 1.82) is 0 Å². The van der Waals surface area contributed by atoms with Crippen LogP contribution in [-0.4, -0.2) is 56.7 Å². The van der Waals surface area contributed by atoms with Crippen molar-refractivity contribution in [3.8, 4) is 0 Å².